The molecule has 0 heterocycles. The topological polar surface area (TPSA) is 75.7 Å². The predicted octanol–water partition coefficient (Wildman–Crippen LogP) is 2.53. The summed E-state index contributed by atoms with van der Waals surface area (Å²) in [7, 11) is 0. The van der Waals surface area contributed by atoms with E-state index in [1.54, 1.807) is 4.90 Å². The summed E-state index contributed by atoms with van der Waals surface area (Å²) in [5.74, 6) is 0.0674. The minimum Gasteiger partial charge on any atom is -0.380 e. The summed E-state index contributed by atoms with van der Waals surface area (Å²) in [6.07, 6.45) is 3.48. The van der Waals surface area contributed by atoms with Crippen LogP contribution < -0.4 is 0 Å². The Morgan fingerprint density at radius 2 is 1.07 bits per heavy atom. The smallest absolute Gasteiger partial charge is 0.225 e. The van der Waals surface area contributed by atoms with Crippen LogP contribution in [0.3, 0.4) is 0 Å². The van der Waals surface area contributed by atoms with Gasteiger partial charge in [-0.2, -0.15) is 0 Å². The largest absolute Gasteiger partial charge is 0.380 e. The van der Waals surface area contributed by atoms with Crippen molar-refractivity contribution in [3.05, 3.63) is 0 Å². The van der Waals surface area contributed by atoms with Crippen molar-refractivity contribution in [2.45, 2.75) is 46.5 Å². The van der Waals surface area contributed by atoms with Gasteiger partial charge in [-0.05, 0) is 19.8 Å². The molecule has 0 aromatic carbocycles. The highest BCUT2D eigenvalue weighted by molar-refractivity contribution is 5.76. The van der Waals surface area contributed by atoms with Crippen LogP contribution in [-0.4, -0.2) is 103 Å². The van der Waals surface area contributed by atoms with Crippen LogP contribution >= 0.6 is 0 Å². The number of unbranched alkanes of at least 4 members (excludes halogenated alkanes) is 1. The van der Waals surface area contributed by atoms with Crippen molar-refractivity contribution in [3.8, 4) is 0 Å². The maximum atomic E-state index is 12.5. The molecule has 0 aromatic heterocycles. The quantitative estimate of drug-likeness (QED) is 0.216. The predicted molar refractivity (Wildman–Crippen MR) is 117 cm³/mol. The second-order valence-electron chi connectivity index (χ2n) is 6.74. The summed E-state index contributed by atoms with van der Waals surface area (Å²) < 4.78 is 32.6. The molecule has 0 aromatic rings. The SMILES string of the molecule is CCCCOCCN(CCOCCC)C(=O)CCOCCOCCOCCOCC. The summed E-state index contributed by atoms with van der Waals surface area (Å²) in [6, 6.07) is 0. The molecule has 180 valence electrons. The standard InChI is InChI=1S/C22H45NO7/c1-4-7-12-27-15-10-23(9-14-26-11-5-2)22(24)8-13-28-18-19-30-21-20-29-17-16-25-6-3/h4-21H2,1-3H3. The first-order valence-corrected chi connectivity index (χ1v) is 11.5. The van der Waals surface area contributed by atoms with Crippen LogP contribution in [0.1, 0.15) is 46.5 Å². The number of ether oxygens (including phenoxy) is 6. The van der Waals surface area contributed by atoms with Gasteiger partial charge in [-0.15, -0.1) is 0 Å². The van der Waals surface area contributed by atoms with Crippen LogP contribution in [0.2, 0.25) is 0 Å². The molecule has 0 N–H and O–H groups in total. The van der Waals surface area contributed by atoms with E-state index in [9.17, 15) is 4.79 Å². The van der Waals surface area contributed by atoms with Crippen LogP contribution in [0.15, 0.2) is 0 Å². The number of hydrogen-bond acceptors (Lipinski definition) is 7. The Morgan fingerprint density at radius 3 is 1.60 bits per heavy atom. The van der Waals surface area contributed by atoms with E-state index in [4.69, 9.17) is 28.4 Å². The second kappa shape index (κ2) is 24.5. The summed E-state index contributed by atoms with van der Waals surface area (Å²) >= 11 is 0. The molecule has 0 aliphatic heterocycles. The number of hydrogen-bond donors (Lipinski definition) is 0. The van der Waals surface area contributed by atoms with Crippen molar-refractivity contribution in [3.63, 3.8) is 0 Å². The Morgan fingerprint density at radius 1 is 0.567 bits per heavy atom. The van der Waals surface area contributed by atoms with Gasteiger partial charge in [-0.3, -0.25) is 4.79 Å². The fourth-order valence-electron chi connectivity index (χ4n) is 2.43. The van der Waals surface area contributed by atoms with E-state index in [0.717, 1.165) is 32.5 Å². The van der Waals surface area contributed by atoms with E-state index in [2.05, 4.69) is 13.8 Å². The molecule has 0 saturated carbocycles. The maximum absolute atomic E-state index is 12.5. The minimum absolute atomic E-state index is 0.0674. The van der Waals surface area contributed by atoms with Crippen LogP contribution in [0.5, 0.6) is 0 Å². The minimum atomic E-state index is 0.0674. The Labute approximate surface area is 183 Å². The average molecular weight is 436 g/mol. The fourth-order valence-corrected chi connectivity index (χ4v) is 2.43. The van der Waals surface area contributed by atoms with E-state index in [1.165, 1.54) is 0 Å². The Bertz CT molecular complexity index is 358. The van der Waals surface area contributed by atoms with Gasteiger partial charge >= 0.3 is 0 Å². The lowest BCUT2D eigenvalue weighted by molar-refractivity contribution is -0.134. The number of carbonyl (C=O) groups is 1. The third kappa shape index (κ3) is 20.5. The van der Waals surface area contributed by atoms with Gasteiger partial charge in [-0.1, -0.05) is 20.3 Å². The Hall–Kier alpha value is -0.770. The van der Waals surface area contributed by atoms with Gasteiger partial charge in [0.05, 0.1) is 65.9 Å². The molecule has 0 spiro atoms. The molecule has 8 nitrogen and oxygen atoms in total. The lowest BCUT2D eigenvalue weighted by Crippen LogP contribution is -2.37. The van der Waals surface area contributed by atoms with Gasteiger partial charge in [0, 0.05) is 32.9 Å². The van der Waals surface area contributed by atoms with E-state index in [-0.39, 0.29) is 5.91 Å². The molecule has 30 heavy (non-hydrogen) atoms. The van der Waals surface area contributed by atoms with Gasteiger partial charge in [0.15, 0.2) is 0 Å². The molecule has 0 radical (unpaired) electrons. The van der Waals surface area contributed by atoms with Crippen molar-refractivity contribution in [1.29, 1.82) is 0 Å². The van der Waals surface area contributed by atoms with Crippen molar-refractivity contribution >= 4 is 5.91 Å². The molecular weight excluding hydrogens is 390 g/mol. The first-order chi connectivity index (χ1) is 14.8. The first-order valence-electron chi connectivity index (χ1n) is 11.5. The monoisotopic (exact) mass is 435 g/mol. The van der Waals surface area contributed by atoms with Crippen molar-refractivity contribution in [2.75, 3.05) is 92.4 Å². The van der Waals surface area contributed by atoms with E-state index in [1.807, 2.05) is 6.92 Å². The molecule has 0 aliphatic carbocycles. The normalized spacial score (nSPS) is 11.2. The molecule has 0 bridgehead atoms. The zero-order valence-electron chi connectivity index (χ0n) is 19.5. The molecule has 0 fully saturated rings. The average Bonchev–Trinajstić information content (AvgIpc) is 2.75. The highest BCUT2D eigenvalue weighted by Crippen LogP contribution is 1.98. The van der Waals surface area contributed by atoms with Gasteiger partial charge in [0.25, 0.3) is 0 Å². The molecule has 0 unspecified atom stereocenters. The fraction of sp³-hybridized carbons (Fsp3) is 0.955. The lowest BCUT2D eigenvalue weighted by atomic mass is 10.3. The molecule has 0 aliphatic rings. The third-order valence-corrected chi connectivity index (χ3v) is 4.13. The number of carbonyl (C=O) groups excluding carboxylic acids is 1. The molecule has 0 atom stereocenters. The second-order valence-corrected chi connectivity index (χ2v) is 6.74. The van der Waals surface area contributed by atoms with Crippen molar-refractivity contribution in [2.24, 2.45) is 0 Å². The summed E-state index contributed by atoms with van der Waals surface area (Å²) in [4.78, 5) is 14.3. The van der Waals surface area contributed by atoms with Crippen LogP contribution in [0, 0.1) is 0 Å². The first kappa shape index (κ1) is 29.2. The number of amides is 1. The van der Waals surface area contributed by atoms with E-state index >= 15 is 0 Å². The van der Waals surface area contributed by atoms with Gasteiger partial charge in [-0.25, -0.2) is 0 Å². The molecular formula is C22H45NO7. The zero-order chi connectivity index (χ0) is 22.1. The molecule has 8 heteroatoms. The van der Waals surface area contributed by atoms with Crippen molar-refractivity contribution in [1.82, 2.24) is 4.90 Å². The summed E-state index contributed by atoms with van der Waals surface area (Å²) in [5, 5.41) is 0. The van der Waals surface area contributed by atoms with Crippen LogP contribution in [0.25, 0.3) is 0 Å². The molecule has 1 amide bonds. The molecule has 0 saturated heterocycles. The lowest BCUT2D eigenvalue weighted by Gasteiger charge is -2.23. The maximum Gasteiger partial charge on any atom is 0.225 e. The number of rotatable bonds is 24. The van der Waals surface area contributed by atoms with E-state index < -0.39 is 0 Å². The van der Waals surface area contributed by atoms with E-state index in [0.29, 0.717) is 85.6 Å². The summed E-state index contributed by atoms with van der Waals surface area (Å²) in [6.45, 7) is 14.2. The highest BCUT2D eigenvalue weighted by atomic mass is 16.6. The van der Waals surface area contributed by atoms with Gasteiger partial charge in [0.2, 0.25) is 5.91 Å². The summed E-state index contributed by atoms with van der Waals surface area (Å²) in [5.41, 5.74) is 0. The number of nitrogens with zero attached hydrogens (tertiary/aromatic N) is 1. The van der Waals surface area contributed by atoms with Gasteiger partial charge in [0.1, 0.15) is 0 Å². The van der Waals surface area contributed by atoms with Gasteiger partial charge < -0.3 is 33.3 Å². The zero-order valence-corrected chi connectivity index (χ0v) is 19.5. The van der Waals surface area contributed by atoms with Crippen molar-refractivity contribution < 1.29 is 33.2 Å². The third-order valence-electron chi connectivity index (χ3n) is 4.13. The van der Waals surface area contributed by atoms with Crippen LogP contribution in [-0.2, 0) is 33.2 Å². The molecule has 0 rings (SSSR count). The van der Waals surface area contributed by atoms with Crippen LogP contribution in [0.4, 0.5) is 0 Å². The Kier molecular flexibility index (Phi) is 23.9. The highest BCUT2D eigenvalue weighted by Gasteiger charge is 2.13. The Balaban J connectivity index is 3.77.